The SMILES string of the molecule is CCOc1ccc(C2C(CN)C2(C)C)cc1. The fourth-order valence-corrected chi connectivity index (χ4v) is 2.78. The molecule has 0 spiro atoms. The monoisotopic (exact) mass is 219 g/mol. The van der Waals surface area contributed by atoms with Gasteiger partial charge in [-0.15, -0.1) is 0 Å². The van der Waals surface area contributed by atoms with E-state index >= 15 is 0 Å². The summed E-state index contributed by atoms with van der Waals surface area (Å²) in [6.07, 6.45) is 0. The lowest BCUT2D eigenvalue weighted by molar-refractivity contribution is 0.340. The smallest absolute Gasteiger partial charge is 0.119 e. The largest absolute Gasteiger partial charge is 0.494 e. The van der Waals surface area contributed by atoms with Gasteiger partial charge in [-0.25, -0.2) is 0 Å². The van der Waals surface area contributed by atoms with E-state index in [2.05, 4.69) is 38.1 Å². The molecule has 2 unspecified atom stereocenters. The molecular weight excluding hydrogens is 198 g/mol. The molecule has 0 saturated heterocycles. The third-order valence-corrected chi connectivity index (χ3v) is 3.85. The zero-order valence-corrected chi connectivity index (χ0v) is 10.4. The molecule has 0 radical (unpaired) electrons. The molecule has 2 rings (SSSR count). The Kier molecular flexibility index (Phi) is 2.94. The van der Waals surface area contributed by atoms with Crippen molar-refractivity contribution in [2.75, 3.05) is 13.2 Å². The van der Waals surface area contributed by atoms with Crippen LogP contribution in [-0.2, 0) is 0 Å². The van der Waals surface area contributed by atoms with Crippen LogP contribution in [0.25, 0.3) is 0 Å². The average molecular weight is 219 g/mol. The number of rotatable bonds is 4. The van der Waals surface area contributed by atoms with Crippen molar-refractivity contribution in [3.8, 4) is 5.75 Å². The predicted octanol–water partition coefficient (Wildman–Crippen LogP) is 2.78. The Bertz CT molecular complexity index is 356. The quantitative estimate of drug-likeness (QED) is 0.845. The molecule has 0 heterocycles. The van der Waals surface area contributed by atoms with Gasteiger partial charge in [-0.1, -0.05) is 26.0 Å². The van der Waals surface area contributed by atoms with Crippen molar-refractivity contribution in [1.82, 2.24) is 0 Å². The minimum absolute atomic E-state index is 0.363. The highest BCUT2D eigenvalue weighted by molar-refractivity contribution is 5.36. The maximum Gasteiger partial charge on any atom is 0.119 e. The molecule has 2 heteroatoms. The number of benzene rings is 1. The third-order valence-electron chi connectivity index (χ3n) is 3.85. The summed E-state index contributed by atoms with van der Waals surface area (Å²) in [6.45, 7) is 8.10. The van der Waals surface area contributed by atoms with E-state index in [0.717, 1.165) is 18.9 Å². The van der Waals surface area contributed by atoms with E-state index in [9.17, 15) is 0 Å². The Hall–Kier alpha value is -1.02. The van der Waals surface area contributed by atoms with Gasteiger partial charge in [0.1, 0.15) is 5.75 Å². The van der Waals surface area contributed by atoms with Gasteiger partial charge >= 0.3 is 0 Å². The molecule has 0 amide bonds. The van der Waals surface area contributed by atoms with Crippen LogP contribution in [0, 0.1) is 11.3 Å². The first-order chi connectivity index (χ1) is 7.61. The van der Waals surface area contributed by atoms with E-state index < -0.39 is 0 Å². The summed E-state index contributed by atoms with van der Waals surface area (Å²) in [5, 5.41) is 0. The van der Waals surface area contributed by atoms with E-state index in [0.29, 0.717) is 17.3 Å². The van der Waals surface area contributed by atoms with Gasteiger partial charge in [0.05, 0.1) is 6.61 Å². The van der Waals surface area contributed by atoms with Crippen molar-refractivity contribution in [2.45, 2.75) is 26.7 Å². The molecule has 88 valence electrons. The highest BCUT2D eigenvalue weighted by atomic mass is 16.5. The molecule has 16 heavy (non-hydrogen) atoms. The summed E-state index contributed by atoms with van der Waals surface area (Å²) in [6, 6.07) is 8.46. The molecule has 0 bridgehead atoms. The lowest BCUT2D eigenvalue weighted by Gasteiger charge is -2.06. The summed E-state index contributed by atoms with van der Waals surface area (Å²) in [5.74, 6) is 2.20. The molecule has 0 aliphatic heterocycles. The average Bonchev–Trinajstić information content (AvgIpc) is 2.82. The highest BCUT2D eigenvalue weighted by Gasteiger charge is 2.57. The van der Waals surface area contributed by atoms with Gasteiger partial charge in [0, 0.05) is 0 Å². The Morgan fingerprint density at radius 1 is 1.25 bits per heavy atom. The van der Waals surface area contributed by atoms with Crippen LogP contribution in [0.1, 0.15) is 32.3 Å². The van der Waals surface area contributed by atoms with Crippen LogP contribution in [0.15, 0.2) is 24.3 Å². The van der Waals surface area contributed by atoms with Gasteiger partial charge in [-0.2, -0.15) is 0 Å². The van der Waals surface area contributed by atoms with Crippen LogP contribution < -0.4 is 10.5 Å². The van der Waals surface area contributed by atoms with Gasteiger partial charge in [0.25, 0.3) is 0 Å². The van der Waals surface area contributed by atoms with Crippen LogP contribution in [0.5, 0.6) is 5.75 Å². The Morgan fingerprint density at radius 2 is 1.88 bits per heavy atom. The van der Waals surface area contributed by atoms with E-state index in [1.807, 2.05) is 6.92 Å². The maximum atomic E-state index is 5.79. The first-order valence-electron chi connectivity index (χ1n) is 6.04. The minimum atomic E-state index is 0.363. The second kappa shape index (κ2) is 4.10. The van der Waals surface area contributed by atoms with E-state index in [-0.39, 0.29) is 0 Å². The van der Waals surface area contributed by atoms with Crippen molar-refractivity contribution < 1.29 is 4.74 Å². The fourth-order valence-electron chi connectivity index (χ4n) is 2.78. The van der Waals surface area contributed by atoms with E-state index in [1.54, 1.807) is 0 Å². The van der Waals surface area contributed by atoms with E-state index in [1.165, 1.54) is 5.56 Å². The van der Waals surface area contributed by atoms with Crippen LogP contribution in [0.3, 0.4) is 0 Å². The molecule has 2 atom stereocenters. The summed E-state index contributed by atoms with van der Waals surface area (Å²) in [5.41, 5.74) is 7.55. The second-order valence-electron chi connectivity index (χ2n) is 5.14. The Morgan fingerprint density at radius 3 is 2.31 bits per heavy atom. The van der Waals surface area contributed by atoms with Gasteiger partial charge in [-0.05, 0) is 48.4 Å². The Labute approximate surface area is 97.8 Å². The lowest BCUT2D eigenvalue weighted by Crippen LogP contribution is -2.05. The molecule has 1 saturated carbocycles. The number of hydrogen-bond acceptors (Lipinski definition) is 2. The summed E-state index contributed by atoms with van der Waals surface area (Å²) < 4.78 is 5.44. The maximum absolute atomic E-state index is 5.79. The molecular formula is C14H21NO. The van der Waals surface area contributed by atoms with Gasteiger partial charge < -0.3 is 10.5 Å². The third kappa shape index (κ3) is 1.82. The second-order valence-corrected chi connectivity index (χ2v) is 5.14. The molecule has 2 nitrogen and oxygen atoms in total. The lowest BCUT2D eigenvalue weighted by atomic mass is 10.0. The van der Waals surface area contributed by atoms with Crippen LogP contribution in [0.4, 0.5) is 0 Å². The Balaban J connectivity index is 2.12. The molecule has 1 fully saturated rings. The van der Waals surface area contributed by atoms with Gasteiger partial charge in [0.2, 0.25) is 0 Å². The summed E-state index contributed by atoms with van der Waals surface area (Å²) in [7, 11) is 0. The van der Waals surface area contributed by atoms with Crippen molar-refractivity contribution >= 4 is 0 Å². The van der Waals surface area contributed by atoms with E-state index in [4.69, 9.17) is 10.5 Å². The normalized spacial score (nSPS) is 26.5. The van der Waals surface area contributed by atoms with Gasteiger partial charge in [-0.3, -0.25) is 0 Å². The molecule has 1 aromatic carbocycles. The van der Waals surface area contributed by atoms with Gasteiger partial charge in [0.15, 0.2) is 0 Å². The van der Waals surface area contributed by atoms with Crippen molar-refractivity contribution in [3.63, 3.8) is 0 Å². The van der Waals surface area contributed by atoms with Crippen LogP contribution >= 0.6 is 0 Å². The molecule has 1 aliphatic carbocycles. The number of ether oxygens (including phenoxy) is 1. The molecule has 1 aliphatic rings. The fraction of sp³-hybridized carbons (Fsp3) is 0.571. The zero-order chi connectivity index (χ0) is 11.8. The van der Waals surface area contributed by atoms with Crippen molar-refractivity contribution in [2.24, 2.45) is 17.1 Å². The zero-order valence-electron chi connectivity index (χ0n) is 10.4. The first-order valence-corrected chi connectivity index (χ1v) is 6.04. The molecule has 1 aromatic rings. The summed E-state index contributed by atoms with van der Waals surface area (Å²) in [4.78, 5) is 0. The van der Waals surface area contributed by atoms with Crippen molar-refractivity contribution in [3.05, 3.63) is 29.8 Å². The number of hydrogen-bond donors (Lipinski definition) is 1. The predicted molar refractivity (Wildman–Crippen MR) is 66.7 cm³/mol. The first kappa shape index (κ1) is 11.5. The van der Waals surface area contributed by atoms with Crippen LogP contribution in [0.2, 0.25) is 0 Å². The summed E-state index contributed by atoms with van der Waals surface area (Å²) >= 11 is 0. The molecule has 0 aromatic heterocycles. The minimum Gasteiger partial charge on any atom is -0.494 e. The number of nitrogens with two attached hydrogens (primary N) is 1. The topological polar surface area (TPSA) is 35.2 Å². The standard InChI is InChI=1S/C14H21NO/c1-4-16-11-7-5-10(6-8-11)13-12(9-15)14(13,2)3/h5-8,12-13H,4,9,15H2,1-3H3. The highest BCUT2D eigenvalue weighted by Crippen LogP contribution is 2.63. The molecule has 2 N–H and O–H groups in total. The van der Waals surface area contributed by atoms with Crippen molar-refractivity contribution in [1.29, 1.82) is 0 Å². The van der Waals surface area contributed by atoms with Crippen LogP contribution in [-0.4, -0.2) is 13.2 Å².